The van der Waals surface area contributed by atoms with Gasteiger partial charge in [0.2, 0.25) is 0 Å². The van der Waals surface area contributed by atoms with E-state index in [4.69, 9.17) is 33.2 Å². The SMILES string of the molecule is ClCc1cccc(-c2cc3cc4nc(c(CCl)c5ccc([nH]5)c(-c5ccccc5)c5nc(c(-c6ccccc6)c2[nH]3)C=C5)C=C4)c1. The lowest BCUT2D eigenvalue weighted by atomic mass is 9.98. The first-order valence-electron chi connectivity index (χ1n) is 15.2. The van der Waals surface area contributed by atoms with E-state index in [2.05, 4.69) is 119 Å². The molecule has 0 saturated carbocycles. The molecule has 222 valence electrons. The van der Waals surface area contributed by atoms with Crippen LogP contribution in [0.5, 0.6) is 0 Å². The van der Waals surface area contributed by atoms with Gasteiger partial charge in [-0.05, 0) is 76.9 Å². The summed E-state index contributed by atoms with van der Waals surface area (Å²) in [6, 6.07) is 37.7. The minimum Gasteiger partial charge on any atom is -0.355 e. The van der Waals surface area contributed by atoms with Crippen LogP contribution in [0, 0.1) is 0 Å². The fourth-order valence-electron chi connectivity index (χ4n) is 6.29. The summed E-state index contributed by atoms with van der Waals surface area (Å²) in [4.78, 5) is 17.8. The van der Waals surface area contributed by atoms with E-state index >= 15 is 0 Å². The van der Waals surface area contributed by atoms with Gasteiger partial charge in [0.05, 0.1) is 34.2 Å². The molecular formula is C40H28Cl2N4. The Bertz CT molecular complexity index is 2330. The third kappa shape index (κ3) is 5.16. The molecule has 2 aliphatic rings. The molecule has 0 atom stereocenters. The second-order valence-electron chi connectivity index (χ2n) is 11.3. The number of alkyl halides is 2. The lowest BCUT2D eigenvalue weighted by molar-refractivity contribution is 1.25. The van der Waals surface area contributed by atoms with Crippen molar-refractivity contribution in [2.75, 3.05) is 0 Å². The van der Waals surface area contributed by atoms with Gasteiger partial charge in [-0.15, -0.1) is 23.2 Å². The molecular weight excluding hydrogens is 607 g/mol. The molecule has 4 nitrogen and oxygen atoms in total. The van der Waals surface area contributed by atoms with E-state index in [9.17, 15) is 0 Å². The van der Waals surface area contributed by atoms with E-state index in [0.717, 1.165) is 89.4 Å². The number of rotatable bonds is 5. The number of nitrogens with one attached hydrogen (secondary N) is 2. The van der Waals surface area contributed by atoms with Gasteiger partial charge < -0.3 is 9.97 Å². The third-order valence-corrected chi connectivity index (χ3v) is 9.02. The minimum absolute atomic E-state index is 0.318. The first kappa shape index (κ1) is 28.3. The Kier molecular flexibility index (Phi) is 7.37. The van der Waals surface area contributed by atoms with E-state index in [0.29, 0.717) is 11.8 Å². The molecule has 6 aromatic rings. The first-order chi connectivity index (χ1) is 22.7. The molecule has 5 heterocycles. The topological polar surface area (TPSA) is 57.4 Å². The van der Waals surface area contributed by atoms with Crippen molar-refractivity contribution in [3.63, 3.8) is 0 Å². The van der Waals surface area contributed by atoms with Gasteiger partial charge >= 0.3 is 0 Å². The quantitative estimate of drug-likeness (QED) is 0.185. The molecule has 6 heteroatoms. The summed E-state index contributed by atoms with van der Waals surface area (Å²) in [6.45, 7) is 0. The summed E-state index contributed by atoms with van der Waals surface area (Å²) in [5, 5.41) is 0. The number of nitrogens with zero attached hydrogens (tertiary/aromatic N) is 2. The standard InChI is InChI=1S/C40H28Cl2N4/c41-23-25-8-7-13-28(20-25)31-22-30-21-29-14-15-33(43-29)32(24-42)34-16-17-35(45-34)38(26-9-3-1-4-10-26)36-18-19-37(46-36)39(40(31)44-30)27-11-5-2-6-12-27/h1-22,44-45H,23-24H2. The second kappa shape index (κ2) is 12.0. The van der Waals surface area contributed by atoms with Crippen LogP contribution >= 0.6 is 23.2 Å². The van der Waals surface area contributed by atoms with Crippen LogP contribution in [0.2, 0.25) is 0 Å². The summed E-state index contributed by atoms with van der Waals surface area (Å²) in [6.07, 6.45) is 8.30. The van der Waals surface area contributed by atoms with Crippen molar-refractivity contribution < 1.29 is 0 Å². The highest BCUT2D eigenvalue weighted by molar-refractivity contribution is 6.18. The van der Waals surface area contributed by atoms with Crippen molar-refractivity contribution in [3.05, 3.63) is 143 Å². The molecule has 3 aromatic carbocycles. The normalized spacial score (nSPS) is 12.1. The van der Waals surface area contributed by atoms with Gasteiger partial charge in [-0.2, -0.15) is 0 Å². The maximum atomic E-state index is 6.57. The van der Waals surface area contributed by atoms with Crippen molar-refractivity contribution in [2.45, 2.75) is 11.8 Å². The molecule has 0 saturated heterocycles. The fraction of sp³-hybridized carbons (Fsp3) is 0.0500. The maximum Gasteiger partial charge on any atom is 0.0737 e. The molecule has 0 unspecified atom stereocenters. The highest BCUT2D eigenvalue weighted by Crippen LogP contribution is 2.38. The number of hydrogen-bond donors (Lipinski definition) is 2. The van der Waals surface area contributed by atoms with Gasteiger partial charge in [-0.1, -0.05) is 78.9 Å². The molecule has 8 bridgehead atoms. The van der Waals surface area contributed by atoms with E-state index in [1.807, 2.05) is 24.3 Å². The van der Waals surface area contributed by atoms with Crippen molar-refractivity contribution in [1.82, 2.24) is 19.9 Å². The Morgan fingerprint density at radius 1 is 0.522 bits per heavy atom. The number of aromatic nitrogens is 4. The van der Waals surface area contributed by atoms with Crippen LogP contribution in [-0.4, -0.2) is 19.9 Å². The Morgan fingerprint density at radius 2 is 1.20 bits per heavy atom. The molecule has 3 aromatic heterocycles. The number of hydrogen-bond acceptors (Lipinski definition) is 2. The molecule has 0 radical (unpaired) electrons. The van der Waals surface area contributed by atoms with E-state index in [1.54, 1.807) is 0 Å². The fourth-order valence-corrected chi connectivity index (χ4v) is 6.74. The second-order valence-corrected chi connectivity index (χ2v) is 11.9. The zero-order chi connectivity index (χ0) is 31.0. The van der Waals surface area contributed by atoms with Gasteiger partial charge in [0.1, 0.15) is 0 Å². The van der Waals surface area contributed by atoms with E-state index in [1.165, 1.54) is 0 Å². The first-order valence-corrected chi connectivity index (χ1v) is 16.2. The zero-order valence-electron chi connectivity index (χ0n) is 24.8. The van der Waals surface area contributed by atoms with Crippen LogP contribution in [0.15, 0.2) is 109 Å². The molecule has 0 spiro atoms. The van der Waals surface area contributed by atoms with E-state index < -0.39 is 0 Å². The lowest BCUT2D eigenvalue weighted by Crippen LogP contribution is -1.89. The summed E-state index contributed by atoms with van der Waals surface area (Å²) in [5.41, 5.74) is 15.5. The summed E-state index contributed by atoms with van der Waals surface area (Å²) in [7, 11) is 0. The van der Waals surface area contributed by atoms with Crippen LogP contribution in [-0.2, 0) is 11.8 Å². The Balaban J connectivity index is 1.57. The van der Waals surface area contributed by atoms with Crippen LogP contribution in [0.3, 0.4) is 0 Å². The van der Waals surface area contributed by atoms with Crippen molar-refractivity contribution in [1.29, 1.82) is 0 Å². The number of fused-ring (bicyclic) bond motifs is 8. The predicted octanol–water partition coefficient (Wildman–Crippen LogP) is 11.1. The Labute approximate surface area is 276 Å². The van der Waals surface area contributed by atoms with Crippen LogP contribution < -0.4 is 0 Å². The van der Waals surface area contributed by atoms with Gasteiger partial charge in [0.25, 0.3) is 0 Å². The molecule has 2 aliphatic heterocycles. The largest absolute Gasteiger partial charge is 0.355 e. The highest BCUT2D eigenvalue weighted by Gasteiger charge is 2.18. The summed E-state index contributed by atoms with van der Waals surface area (Å²) >= 11 is 12.9. The molecule has 0 fully saturated rings. The number of H-pyrrole nitrogens is 2. The Hall–Kier alpha value is -5.16. The number of benzene rings is 3. The van der Waals surface area contributed by atoms with Gasteiger partial charge in [-0.25, -0.2) is 9.97 Å². The zero-order valence-corrected chi connectivity index (χ0v) is 26.3. The van der Waals surface area contributed by atoms with E-state index in [-0.39, 0.29) is 0 Å². The monoisotopic (exact) mass is 634 g/mol. The van der Waals surface area contributed by atoms with Gasteiger partial charge in [0, 0.05) is 44.7 Å². The maximum absolute atomic E-state index is 6.57. The highest BCUT2D eigenvalue weighted by atomic mass is 35.5. The molecule has 46 heavy (non-hydrogen) atoms. The average molecular weight is 636 g/mol. The Morgan fingerprint density at radius 3 is 1.93 bits per heavy atom. The lowest BCUT2D eigenvalue weighted by Gasteiger charge is -2.08. The summed E-state index contributed by atoms with van der Waals surface area (Å²) < 4.78 is 0. The smallest absolute Gasteiger partial charge is 0.0737 e. The average Bonchev–Trinajstić information content (AvgIpc) is 3.92. The van der Waals surface area contributed by atoms with Gasteiger partial charge in [-0.3, -0.25) is 0 Å². The predicted molar refractivity (Wildman–Crippen MR) is 194 cm³/mol. The van der Waals surface area contributed by atoms with Crippen molar-refractivity contribution in [3.8, 4) is 33.4 Å². The minimum atomic E-state index is 0.318. The number of aromatic amines is 2. The van der Waals surface area contributed by atoms with Crippen molar-refractivity contribution >= 4 is 69.6 Å². The molecule has 8 rings (SSSR count). The van der Waals surface area contributed by atoms with Gasteiger partial charge in [0.15, 0.2) is 0 Å². The molecule has 0 amide bonds. The molecule has 2 N–H and O–H groups in total. The summed E-state index contributed by atoms with van der Waals surface area (Å²) in [5.74, 6) is 0.757. The third-order valence-electron chi connectivity index (χ3n) is 8.45. The van der Waals surface area contributed by atoms with Crippen LogP contribution in [0.25, 0.3) is 79.8 Å². The number of halogens is 2. The van der Waals surface area contributed by atoms with Crippen molar-refractivity contribution in [2.24, 2.45) is 0 Å². The van der Waals surface area contributed by atoms with Crippen LogP contribution in [0.4, 0.5) is 0 Å². The molecule has 0 aliphatic carbocycles. The van der Waals surface area contributed by atoms with Crippen LogP contribution in [0.1, 0.15) is 33.9 Å².